The van der Waals surface area contributed by atoms with E-state index < -0.39 is 0 Å². The molecule has 0 atom stereocenters. The Morgan fingerprint density at radius 2 is 2.11 bits per heavy atom. The zero-order valence-electron chi connectivity index (χ0n) is 10.9. The van der Waals surface area contributed by atoms with Crippen molar-refractivity contribution in [2.24, 2.45) is 0 Å². The van der Waals surface area contributed by atoms with E-state index in [0.29, 0.717) is 18.3 Å². The van der Waals surface area contributed by atoms with Crippen molar-refractivity contribution in [3.63, 3.8) is 0 Å². The van der Waals surface area contributed by atoms with E-state index in [0.717, 1.165) is 24.1 Å². The molecule has 1 aromatic carbocycles. The summed E-state index contributed by atoms with van der Waals surface area (Å²) in [6.07, 6.45) is 2.26. The molecule has 0 radical (unpaired) electrons. The maximum absolute atomic E-state index is 11.8. The molecule has 1 aliphatic rings. The highest BCUT2D eigenvalue weighted by atomic mass is 16.5. The Hall–Kier alpha value is -2.10. The summed E-state index contributed by atoms with van der Waals surface area (Å²) < 4.78 is 6.98. The summed E-state index contributed by atoms with van der Waals surface area (Å²) >= 11 is 0. The summed E-state index contributed by atoms with van der Waals surface area (Å²) in [6.45, 7) is 2.17. The first-order valence-corrected chi connectivity index (χ1v) is 6.61. The van der Waals surface area contributed by atoms with Crippen molar-refractivity contribution in [3.05, 3.63) is 42.1 Å². The molecule has 1 saturated carbocycles. The average Bonchev–Trinajstić information content (AvgIpc) is 3.19. The molecule has 3 rings (SSSR count). The average molecular weight is 256 g/mol. The first kappa shape index (κ1) is 12.0. The first-order chi connectivity index (χ1) is 9.29. The number of benzene rings is 1. The third-order valence-electron chi connectivity index (χ3n) is 3.18. The van der Waals surface area contributed by atoms with E-state index in [1.807, 2.05) is 41.1 Å². The number of aromatic nitrogens is 2. The Morgan fingerprint density at radius 1 is 1.37 bits per heavy atom. The number of hydrogen-bond acceptors (Lipinski definition) is 3. The molecule has 0 aliphatic heterocycles. The molecular formula is C15H16N2O2. The predicted octanol–water partition coefficient (Wildman–Crippen LogP) is 3.06. The van der Waals surface area contributed by atoms with Crippen molar-refractivity contribution >= 4 is 5.97 Å². The second-order valence-corrected chi connectivity index (χ2v) is 4.68. The van der Waals surface area contributed by atoms with Crippen LogP contribution in [-0.2, 0) is 4.74 Å². The lowest BCUT2D eigenvalue weighted by molar-refractivity contribution is 0.0518. The summed E-state index contributed by atoms with van der Waals surface area (Å²) in [4.78, 5) is 11.8. The van der Waals surface area contributed by atoms with Crippen LogP contribution in [0.3, 0.4) is 0 Å². The van der Waals surface area contributed by atoms with Gasteiger partial charge in [0.2, 0.25) is 0 Å². The zero-order chi connectivity index (χ0) is 13.2. The van der Waals surface area contributed by atoms with Crippen molar-refractivity contribution in [2.45, 2.75) is 25.8 Å². The van der Waals surface area contributed by atoms with Gasteiger partial charge in [0.1, 0.15) is 0 Å². The van der Waals surface area contributed by atoms with Crippen molar-refractivity contribution in [1.82, 2.24) is 9.78 Å². The summed E-state index contributed by atoms with van der Waals surface area (Å²) in [5.74, 6) is -0.348. The number of hydrogen-bond donors (Lipinski definition) is 0. The fraction of sp³-hybridized carbons (Fsp3) is 0.333. The van der Waals surface area contributed by atoms with E-state index in [9.17, 15) is 4.79 Å². The molecule has 1 aliphatic carbocycles. The molecule has 2 aromatic rings. The molecule has 1 heterocycles. The Labute approximate surface area is 112 Å². The molecule has 19 heavy (non-hydrogen) atoms. The molecule has 0 spiro atoms. The SMILES string of the molecule is CCOC(=O)c1cc(-c2ccccc2)n(C2CC2)n1. The third kappa shape index (κ3) is 2.38. The van der Waals surface area contributed by atoms with Gasteiger partial charge in [-0.2, -0.15) is 5.10 Å². The Balaban J connectivity index is 2.00. The second-order valence-electron chi connectivity index (χ2n) is 4.68. The Morgan fingerprint density at radius 3 is 2.74 bits per heavy atom. The van der Waals surface area contributed by atoms with Gasteiger partial charge >= 0.3 is 5.97 Å². The van der Waals surface area contributed by atoms with Crippen LogP contribution < -0.4 is 0 Å². The van der Waals surface area contributed by atoms with Gasteiger partial charge in [-0.15, -0.1) is 0 Å². The smallest absolute Gasteiger partial charge is 0.358 e. The van der Waals surface area contributed by atoms with Crippen molar-refractivity contribution in [2.75, 3.05) is 6.61 Å². The molecule has 4 heteroatoms. The normalized spacial score (nSPS) is 14.4. The maximum Gasteiger partial charge on any atom is 0.358 e. The molecule has 1 aromatic heterocycles. The fourth-order valence-electron chi connectivity index (χ4n) is 2.12. The van der Waals surface area contributed by atoms with Crippen LogP contribution >= 0.6 is 0 Å². The van der Waals surface area contributed by atoms with Crippen LogP contribution in [0.1, 0.15) is 36.3 Å². The number of rotatable bonds is 4. The minimum atomic E-state index is -0.348. The standard InChI is InChI=1S/C15H16N2O2/c1-2-19-15(18)13-10-14(11-6-4-3-5-7-11)17(16-13)12-8-9-12/h3-7,10,12H,2,8-9H2,1H3. The minimum absolute atomic E-state index is 0.348. The van der Waals surface area contributed by atoms with Crippen LogP contribution in [-0.4, -0.2) is 22.4 Å². The Kier molecular flexibility index (Phi) is 3.07. The number of carbonyl (C=O) groups is 1. The van der Waals surface area contributed by atoms with Crippen LogP contribution in [0.4, 0.5) is 0 Å². The highest BCUT2D eigenvalue weighted by Crippen LogP contribution is 2.38. The van der Waals surface area contributed by atoms with Crippen molar-refractivity contribution in [1.29, 1.82) is 0 Å². The van der Waals surface area contributed by atoms with Crippen LogP contribution in [0.2, 0.25) is 0 Å². The molecular weight excluding hydrogens is 240 g/mol. The number of ether oxygens (including phenoxy) is 1. The largest absolute Gasteiger partial charge is 0.461 e. The third-order valence-corrected chi connectivity index (χ3v) is 3.18. The van der Waals surface area contributed by atoms with Gasteiger partial charge in [-0.3, -0.25) is 4.68 Å². The van der Waals surface area contributed by atoms with Gasteiger partial charge in [-0.1, -0.05) is 30.3 Å². The summed E-state index contributed by atoms with van der Waals surface area (Å²) in [5.41, 5.74) is 2.47. The highest BCUT2D eigenvalue weighted by molar-refractivity contribution is 5.88. The number of nitrogens with zero attached hydrogens (tertiary/aromatic N) is 2. The number of esters is 1. The first-order valence-electron chi connectivity index (χ1n) is 6.61. The van der Waals surface area contributed by atoms with E-state index >= 15 is 0 Å². The lowest BCUT2D eigenvalue weighted by Crippen LogP contribution is -2.06. The summed E-state index contributed by atoms with van der Waals surface area (Å²) in [7, 11) is 0. The van der Waals surface area contributed by atoms with E-state index in [1.165, 1.54) is 0 Å². The van der Waals surface area contributed by atoms with Gasteiger partial charge in [0, 0.05) is 0 Å². The van der Waals surface area contributed by atoms with E-state index in [-0.39, 0.29) is 5.97 Å². The van der Waals surface area contributed by atoms with E-state index in [2.05, 4.69) is 5.10 Å². The minimum Gasteiger partial charge on any atom is -0.461 e. The molecule has 0 unspecified atom stereocenters. The van der Waals surface area contributed by atoms with Gasteiger partial charge in [0.25, 0.3) is 0 Å². The molecule has 0 bridgehead atoms. The van der Waals surface area contributed by atoms with Crippen LogP contribution in [0.15, 0.2) is 36.4 Å². The van der Waals surface area contributed by atoms with Crippen LogP contribution in [0.25, 0.3) is 11.3 Å². The zero-order valence-corrected chi connectivity index (χ0v) is 10.9. The van der Waals surface area contributed by atoms with Crippen LogP contribution in [0, 0.1) is 0 Å². The van der Waals surface area contributed by atoms with Crippen molar-refractivity contribution in [3.8, 4) is 11.3 Å². The second kappa shape index (κ2) is 4.88. The molecule has 4 nitrogen and oxygen atoms in total. The number of carbonyl (C=O) groups excluding carboxylic acids is 1. The van der Waals surface area contributed by atoms with Gasteiger partial charge in [-0.25, -0.2) is 4.79 Å². The molecule has 1 fully saturated rings. The van der Waals surface area contributed by atoms with Gasteiger partial charge in [0.05, 0.1) is 18.3 Å². The Bertz CT molecular complexity index is 585. The molecule has 0 amide bonds. The van der Waals surface area contributed by atoms with Gasteiger partial charge in [0.15, 0.2) is 5.69 Å². The van der Waals surface area contributed by atoms with Gasteiger partial charge in [-0.05, 0) is 31.4 Å². The summed E-state index contributed by atoms with van der Waals surface area (Å²) in [5, 5.41) is 4.41. The predicted molar refractivity (Wildman–Crippen MR) is 71.9 cm³/mol. The fourth-order valence-corrected chi connectivity index (χ4v) is 2.12. The van der Waals surface area contributed by atoms with E-state index in [4.69, 9.17) is 4.74 Å². The highest BCUT2D eigenvalue weighted by Gasteiger charge is 2.29. The molecule has 98 valence electrons. The topological polar surface area (TPSA) is 44.1 Å². The van der Waals surface area contributed by atoms with Gasteiger partial charge < -0.3 is 4.74 Å². The summed E-state index contributed by atoms with van der Waals surface area (Å²) in [6, 6.07) is 12.3. The van der Waals surface area contributed by atoms with Crippen molar-refractivity contribution < 1.29 is 9.53 Å². The molecule has 0 saturated heterocycles. The monoisotopic (exact) mass is 256 g/mol. The van der Waals surface area contributed by atoms with E-state index in [1.54, 1.807) is 6.92 Å². The van der Waals surface area contributed by atoms with Crippen LogP contribution in [0.5, 0.6) is 0 Å². The molecule has 0 N–H and O–H groups in total. The lowest BCUT2D eigenvalue weighted by atomic mass is 10.1. The quantitative estimate of drug-likeness (QED) is 0.790. The lowest BCUT2D eigenvalue weighted by Gasteiger charge is -2.04. The maximum atomic E-state index is 11.8.